The van der Waals surface area contributed by atoms with Crippen molar-refractivity contribution < 1.29 is 4.74 Å². The molecule has 106 valence electrons. The van der Waals surface area contributed by atoms with E-state index in [0.717, 1.165) is 12.5 Å². The number of hydrogen-bond acceptors (Lipinski definition) is 3. The zero-order valence-corrected chi connectivity index (χ0v) is 12.3. The number of ether oxygens (including phenoxy) is 1. The highest BCUT2D eigenvalue weighted by molar-refractivity contribution is 4.89. The highest BCUT2D eigenvalue weighted by atomic mass is 16.5. The lowest BCUT2D eigenvalue weighted by Gasteiger charge is -2.38. The third kappa shape index (κ3) is 3.46. The van der Waals surface area contributed by atoms with Gasteiger partial charge in [0.15, 0.2) is 0 Å². The first-order valence-electron chi connectivity index (χ1n) is 7.60. The Bertz CT molecular complexity index is 249. The van der Waals surface area contributed by atoms with Crippen molar-refractivity contribution in [3.63, 3.8) is 0 Å². The lowest BCUT2D eigenvalue weighted by atomic mass is 9.75. The molecule has 3 heteroatoms. The summed E-state index contributed by atoms with van der Waals surface area (Å²) in [6.07, 6.45) is 6.95. The van der Waals surface area contributed by atoms with Crippen LogP contribution in [0, 0.1) is 11.3 Å². The molecule has 3 nitrogen and oxygen atoms in total. The fourth-order valence-electron chi connectivity index (χ4n) is 3.50. The Morgan fingerprint density at radius 2 is 2.06 bits per heavy atom. The largest absolute Gasteiger partial charge is 0.380 e. The second-order valence-electron chi connectivity index (χ2n) is 6.72. The molecule has 0 bridgehead atoms. The maximum atomic E-state index is 5.56. The minimum Gasteiger partial charge on any atom is -0.380 e. The van der Waals surface area contributed by atoms with E-state index in [4.69, 9.17) is 4.74 Å². The standard InChI is InChI=1S/C15H30N2O/c1-15(2,12-6-5-9-16-10-12)11-17-13-7-4-8-14(13)18-3/h12-14,16-17H,4-11H2,1-3H3. The number of rotatable bonds is 5. The summed E-state index contributed by atoms with van der Waals surface area (Å²) in [6, 6.07) is 0.575. The molecule has 1 saturated heterocycles. The molecule has 18 heavy (non-hydrogen) atoms. The van der Waals surface area contributed by atoms with Crippen LogP contribution in [0.1, 0.15) is 46.0 Å². The Labute approximate surface area is 112 Å². The van der Waals surface area contributed by atoms with E-state index in [1.807, 2.05) is 7.11 Å². The molecule has 2 N–H and O–H groups in total. The molecule has 0 amide bonds. The normalized spacial score (nSPS) is 33.8. The number of nitrogens with one attached hydrogen (secondary N) is 2. The van der Waals surface area contributed by atoms with Gasteiger partial charge in [0.05, 0.1) is 6.10 Å². The van der Waals surface area contributed by atoms with Crippen LogP contribution in [0.25, 0.3) is 0 Å². The van der Waals surface area contributed by atoms with Crippen molar-refractivity contribution in [2.24, 2.45) is 11.3 Å². The average molecular weight is 254 g/mol. The van der Waals surface area contributed by atoms with E-state index < -0.39 is 0 Å². The van der Waals surface area contributed by atoms with Crippen LogP contribution in [-0.4, -0.2) is 38.9 Å². The van der Waals surface area contributed by atoms with Crippen molar-refractivity contribution in [2.45, 2.75) is 58.1 Å². The van der Waals surface area contributed by atoms with Gasteiger partial charge in [0.25, 0.3) is 0 Å². The second-order valence-corrected chi connectivity index (χ2v) is 6.72. The minimum atomic E-state index is 0.383. The summed E-state index contributed by atoms with van der Waals surface area (Å²) < 4.78 is 5.56. The topological polar surface area (TPSA) is 33.3 Å². The van der Waals surface area contributed by atoms with E-state index in [-0.39, 0.29) is 0 Å². The van der Waals surface area contributed by atoms with E-state index >= 15 is 0 Å². The first kappa shape index (κ1) is 14.3. The van der Waals surface area contributed by atoms with E-state index in [2.05, 4.69) is 24.5 Å². The molecular formula is C15H30N2O. The zero-order chi connectivity index (χ0) is 13.0. The van der Waals surface area contributed by atoms with Gasteiger partial charge in [-0.15, -0.1) is 0 Å². The number of methoxy groups -OCH3 is 1. The molecule has 3 unspecified atom stereocenters. The second kappa shape index (κ2) is 6.36. The summed E-state index contributed by atoms with van der Waals surface area (Å²) in [5.74, 6) is 0.807. The Hall–Kier alpha value is -0.120. The SMILES string of the molecule is COC1CCCC1NCC(C)(C)C1CCCNC1. The highest BCUT2D eigenvalue weighted by Crippen LogP contribution is 2.32. The first-order chi connectivity index (χ1) is 8.63. The number of hydrogen-bond donors (Lipinski definition) is 2. The van der Waals surface area contributed by atoms with E-state index in [1.165, 1.54) is 45.2 Å². The number of piperidine rings is 1. The summed E-state index contributed by atoms with van der Waals surface area (Å²) in [6.45, 7) is 8.33. The molecule has 0 aromatic rings. The fourth-order valence-corrected chi connectivity index (χ4v) is 3.50. The van der Waals surface area contributed by atoms with Gasteiger partial charge in [-0.1, -0.05) is 13.8 Å². The van der Waals surface area contributed by atoms with Crippen LogP contribution in [-0.2, 0) is 4.74 Å². The molecule has 3 atom stereocenters. The molecule has 2 rings (SSSR count). The summed E-state index contributed by atoms with van der Waals surface area (Å²) >= 11 is 0. The fraction of sp³-hybridized carbons (Fsp3) is 1.00. The van der Waals surface area contributed by atoms with Crippen LogP contribution in [0.15, 0.2) is 0 Å². The van der Waals surface area contributed by atoms with Gasteiger partial charge < -0.3 is 15.4 Å². The maximum absolute atomic E-state index is 5.56. The molecule has 1 heterocycles. The predicted octanol–water partition coefficient (Wildman–Crippen LogP) is 2.17. The Morgan fingerprint density at radius 3 is 2.72 bits per heavy atom. The molecular weight excluding hydrogens is 224 g/mol. The van der Waals surface area contributed by atoms with Gasteiger partial charge in [-0.05, 0) is 56.5 Å². The summed E-state index contributed by atoms with van der Waals surface area (Å²) in [5.41, 5.74) is 0.383. The molecule has 2 fully saturated rings. The van der Waals surface area contributed by atoms with Crippen molar-refractivity contribution in [3.05, 3.63) is 0 Å². The van der Waals surface area contributed by atoms with Gasteiger partial charge in [-0.25, -0.2) is 0 Å². The predicted molar refractivity (Wildman–Crippen MR) is 75.8 cm³/mol. The van der Waals surface area contributed by atoms with Crippen LogP contribution in [0.3, 0.4) is 0 Å². The minimum absolute atomic E-state index is 0.383. The van der Waals surface area contributed by atoms with E-state index in [9.17, 15) is 0 Å². The van der Waals surface area contributed by atoms with Gasteiger partial charge in [-0.2, -0.15) is 0 Å². The Balaban J connectivity index is 1.80. The summed E-state index contributed by atoms with van der Waals surface area (Å²) in [7, 11) is 1.85. The summed E-state index contributed by atoms with van der Waals surface area (Å²) in [5, 5.41) is 7.30. The van der Waals surface area contributed by atoms with Gasteiger partial charge >= 0.3 is 0 Å². The third-order valence-corrected chi connectivity index (χ3v) is 4.98. The van der Waals surface area contributed by atoms with Gasteiger partial charge in [0, 0.05) is 19.7 Å². The molecule has 0 aromatic heterocycles. The first-order valence-corrected chi connectivity index (χ1v) is 7.60. The Morgan fingerprint density at radius 1 is 1.22 bits per heavy atom. The van der Waals surface area contributed by atoms with E-state index in [0.29, 0.717) is 17.6 Å². The smallest absolute Gasteiger partial charge is 0.0724 e. The molecule has 1 aliphatic carbocycles. The van der Waals surface area contributed by atoms with Crippen molar-refractivity contribution >= 4 is 0 Å². The molecule has 0 radical (unpaired) electrons. The third-order valence-electron chi connectivity index (χ3n) is 4.98. The maximum Gasteiger partial charge on any atom is 0.0724 e. The van der Waals surface area contributed by atoms with Crippen LogP contribution >= 0.6 is 0 Å². The quantitative estimate of drug-likeness (QED) is 0.789. The monoisotopic (exact) mass is 254 g/mol. The van der Waals surface area contributed by atoms with Crippen molar-refractivity contribution in [3.8, 4) is 0 Å². The molecule has 0 spiro atoms. The molecule has 0 aromatic carbocycles. The van der Waals surface area contributed by atoms with Crippen LogP contribution in [0.4, 0.5) is 0 Å². The summed E-state index contributed by atoms with van der Waals surface area (Å²) in [4.78, 5) is 0. The van der Waals surface area contributed by atoms with Crippen LogP contribution in [0.2, 0.25) is 0 Å². The average Bonchev–Trinajstić information content (AvgIpc) is 2.85. The van der Waals surface area contributed by atoms with E-state index in [1.54, 1.807) is 0 Å². The van der Waals surface area contributed by atoms with Gasteiger partial charge in [-0.3, -0.25) is 0 Å². The highest BCUT2D eigenvalue weighted by Gasteiger charge is 2.33. The lowest BCUT2D eigenvalue weighted by Crippen LogP contribution is -2.47. The van der Waals surface area contributed by atoms with Gasteiger partial charge in [0.2, 0.25) is 0 Å². The molecule has 2 aliphatic rings. The molecule has 1 saturated carbocycles. The Kier molecular flexibility index (Phi) is 5.05. The van der Waals surface area contributed by atoms with Crippen molar-refractivity contribution in [1.29, 1.82) is 0 Å². The van der Waals surface area contributed by atoms with Crippen LogP contribution in [0.5, 0.6) is 0 Å². The lowest BCUT2D eigenvalue weighted by molar-refractivity contribution is 0.0757. The zero-order valence-electron chi connectivity index (χ0n) is 12.3. The van der Waals surface area contributed by atoms with Crippen molar-refractivity contribution in [1.82, 2.24) is 10.6 Å². The van der Waals surface area contributed by atoms with Crippen LogP contribution < -0.4 is 10.6 Å². The van der Waals surface area contributed by atoms with Gasteiger partial charge in [0.1, 0.15) is 0 Å². The van der Waals surface area contributed by atoms with Crippen molar-refractivity contribution in [2.75, 3.05) is 26.7 Å². The molecule has 1 aliphatic heterocycles.